The Morgan fingerprint density at radius 1 is 1.12 bits per heavy atom. The summed E-state index contributed by atoms with van der Waals surface area (Å²) in [6.07, 6.45) is 1.89. The first-order valence-corrected chi connectivity index (χ1v) is 11.2. The molecule has 0 bridgehead atoms. The molecule has 0 aliphatic heterocycles. The Balaban J connectivity index is 1.63. The first-order chi connectivity index (χ1) is 15.5. The Bertz CT molecular complexity index is 1080. The van der Waals surface area contributed by atoms with Crippen LogP contribution in [0.4, 0.5) is 0 Å². The molecule has 0 fully saturated rings. The van der Waals surface area contributed by atoms with Crippen LogP contribution in [-0.2, 0) is 6.42 Å². The second-order valence-electron chi connectivity index (χ2n) is 8.60. The SMILES string of the molecule is CCOc1ccc(-c2nc(-c3cccc4c3CCC4NC(C)(C)CO)no2)cc1OCC. The van der Waals surface area contributed by atoms with E-state index in [-0.39, 0.29) is 18.2 Å². The molecule has 32 heavy (non-hydrogen) atoms. The van der Waals surface area contributed by atoms with E-state index in [9.17, 15) is 5.11 Å². The number of aliphatic hydroxyl groups is 1. The predicted molar refractivity (Wildman–Crippen MR) is 123 cm³/mol. The summed E-state index contributed by atoms with van der Waals surface area (Å²) in [6, 6.07) is 12.0. The van der Waals surface area contributed by atoms with Crippen LogP contribution in [0.15, 0.2) is 40.9 Å². The van der Waals surface area contributed by atoms with Crippen molar-refractivity contribution in [2.45, 2.75) is 52.1 Å². The average molecular weight is 438 g/mol. The summed E-state index contributed by atoms with van der Waals surface area (Å²) in [5, 5.41) is 17.5. The van der Waals surface area contributed by atoms with E-state index in [1.54, 1.807) is 0 Å². The maximum Gasteiger partial charge on any atom is 0.258 e. The van der Waals surface area contributed by atoms with Gasteiger partial charge in [-0.25, -0.2) is 0 Å². The van der Waals surface area contributed by atoms with Gasteiger partial charge in [-0.1, -0.05) is 23.4 Å². The monoisotopic (exact) mass is 437 g/mol. The largest absolute Gasteiger partial charge is 0.490 e. The molecule has 1 heterocycles. The van der Waals surface area contributed by atoms with Crippen molar-refractivity contribution >= 4 is 0 Å². The van der Waals surface area contributed by atoms with Crippen LogP contribution >= 0.6 is 0 Å². The lowest BCUT2D eigenvalue weighted by atomic mass is 9.99. The Kier molecular flexibility index (Phi) is 6.48. The molecule has 2 N–H and O–H groups in total. The van der Waals surface area contributed by atoms with Gasteiger partial charge in [0, 0.05) is 22.7 Å². The van der Waals surface area contributed by atoms with Crippen molar-refractivity contribution < 1.29 is 19.1 Å². The maximum atomic E-state index is 9.63. The minimum Gasteiger partial charge on any atom is -0.490 e. The van der Waals surface area contributed by atoms with Crippen LogP contribution in [0.5, 0.6) is 11.5 Å². The highest BCUT2D eigenvalue weighted by molar-refractivity contribution is 5.67. The zero-order chi connectivity index (χ0) is 22.7. The van der Waals surface area contributed by atoms with E-state index >= 15 is 0 Å². The van der Waals surface area contributed by atoms with Gasteiger partial charge in [-0.2, -0.15) is 4.98 Å². The Labute approximate surface area is 188 Å². The number of hydrogen-bond donors (Lipinski definition) is 2. The number of ether oxygens (including phenoxy) is 2. The smallest absolute Gasteiger partial charge is 0.258 e. The highest BCUT2D eigenvalue weighted by atomic mass is 16.5. The molecule has 0 amide bonds. The van der Waals surface area contributed by atoms with Gasteiger partial charge in [-0.15, -0.1) is 0 Å². The molecule has 7 heteroatoms. The zero-order valence-corrected chi connectivity index (χ0v) is 19.1. The maximum absolute atomic E-state index is 9.63. The molecule has 1 aliphatic rings. The van der Waals surface area contributed by atoms with Gasteiger partial charge in [-0.05, 0) is 69.9 Å². The fourth-order valence-corrected chi connectivity index (χ4v) is 4.17. The summed E-state index contributed by atoms with van der Waals surface area (Å²) in [5.41, 5.74) is 3.89. The third kappa shape index (κ3) is 4.49. The summed E-state index contributed by atoms with van der Waals surface area (Å²) in [7, 11) is 0. The van der Waals surface area contributed by atoms with Crippen LogP contribution in [0, 0.1) is 0 Å². The first kappa shape index (κ1) is 22.3. The van der Waals surface area contributed by atoms with E-state index in [4.69, 9.17) is 14.0 Å². The second kappa shape index (κ2) is 9.30. The fraction of sp³-hybridized carbons (Fsp3) is 0.440. The lowest BCUT2D eigenvalue weighted by Crippen LogP contribution is -2.44. The van der Waals surface area contributed by atoms with Crippen LogP contribution < -0.4 is 14.8 Å². The molecule has 7 nitrogen and oxygen atoms in total. The van der Waals surface area contributed by atoms with Crippen molar-refractivity contribution in [2.75, 3.05) is 19.8 Å². The van der Waals surface area contributed by atoms with Crippen molar-refractivity contribution in [3.8, 4) is 34.3 Å². The highest BCUT2D eigenvalue weighted by Gasteiger charge is 2.30. The van der Waals surface area contributed by atoms with Gasteiger partial charge in [0.1, 0.15) is 0 Å². The van der Waals surface area contributed by atoms with E-state index in [1.807, 2.05) is 58.0 Å². The molecule has 2 aromatic carbocycles. The average Bonchev–Trinajstić information content (AvgIpc) is 3.43. The summed E-state index contributed by atoms with van der Waals surface area (Å²) in [6.45, 7) is 9.08. The van der Waals surface area contributed by atoms with Gasteiger partial charge in [0.2, 0.25) is 5.82 Å². The quantitative estimate of drug-likeness (QED) is 0.508. The molecular formula is C25H31N3O4. The van der Waals surface area contributed by atoms with Gasteiger partial charge < -0.3 is 24.4 Å². The van der Waals surface area contributed by atoms with Gasteiger partial charge >= 0.3 is 0 Å². The third-order valence-corrected chi connectivity index (χ3v) is 5.69. The molecule has 1 unspecified atom stereocenters. The standard InChI is InChI=1S/C25H31N3O4/c1-5-30-21-13-10-16(14-22(21)31-6-2)24-26-23(28-32-24)19-9-7-8-18-17(19)11-12-20(18)27-25(3,4)15-29/h7-10,13-14,20,27,29H,5-6,11-12,15H2,1-4H3. The lowest BCUT2D eigenvalue weighted by molar-refractivity contribution is 0.175. The van der Waals surface area contributed by atoms with Crippen molar-refractivity contribution in [2.24, 2.45) is 0 Å². The van der Waals surface area contributed by atoms with Crippen LogP contribution in [0.25, 0.3) is 22.8 Å². The molecule has 1 aromatic heterocycles. The number of hydrogen-bond acceptors (Lipinski definition) is 7. The molecule has 4 rings (SSSR count). The number of rotatable bonds is 9. The molecular weight excluding hydrogens is 406 g/mol. The third-order valence-electron chi connectivity index (χ3n) is 5.69. The van der Waals surface area contributed by atoms with E-state index in [1.165, 1.54) is 11.1 Å². The van der Waals surface area contributed by atoms with E-state index in [2.05, 4.69) is 21.5 Å². The Hall–Kier alpha value is -2.90. The minimum atomic E-state index is -0.340. The number of aromatic nitrogens is 2. The van der Waals surface area contributed by atoms with E-state index < -0.39 is 0 Å². The molecule has 170 valence electrons. The van der Waals surface area contributed by atoms with Crippen LogP contribution in [0.1, 0.15) is 51.3 Å². The summed E-state index contributed by atoms with van der Waals surface area (Å²) < 4.78 is 17.0. The number of aliphatic hydroxyl groups excluding tert-OH is 1. The molecule has 0 radical (unpaired) electrons. The topological polar surface area (TPSA) is 89.6 Å². The first-order valence-electron chi connectivity index (χ1n) is 11.2. The highest BCUT2D eigenvalue weighted by Crippen LogP contribution is 2.39. The van der Waals surface area contributed by atoms with Crippen molar-refractivity contribution in [3.63, 3.8) is 0 Å². The molecule has 0 saturated carbocycles. The van der Waals surface area contributed by atoms with E-state index in [0.717, 1.165) is 24.0 Å². The van der Waals surface area contributed by atoms with Crippen molar-refractivity contribution in [1.82, 2.24) is 15.5 Å². The molecule has 1 atom stereocenters. The number of fused-ring (bicyclic) bond motifs is 1. The zero-order valence-electron chi connectivity index (χ0n) is 19.1. The van der Waals surface area contributed by atoms with E-state index in [0.29, 0.717) is 36.4 Å². The molecule has 3 aromatic rings. The lowest BCUT2D eigenvalue weighted by Gasteiger charge is -2.28. The van der Waals surface area contributed by atoms with Crippen LogP contribution in [0.2, 0.25) is 0 Å². The normalized spacial score (nSPS) is 15.6. The van der Waals surface area contributed by atoms with Gasteiger partial charge in [0.25, 0.3) is 5.89 Å². The molecule has 1 aliphatic carbocycles. The van der Waals surface area contributed by atoms with Crippen molar-refractivity contribution in [1.29, 1.82) is 0 Å². The summed E-state index contributed by atoms with van der Waals surface area (Å²) >= 11 is 0. The number of nitrogens with zero attached hydrogens (tertiary/aromatic N) is 2. The summed E-state index contributed by atoms with van der Waals surface area (Å²) in [5.74, 6) is 2.37. The van der Waals surface area contributed by atoms with Gasteiger partial charge in [0.15, 0.2) is 11.5 Å². The Morgan fingerprint density at radius 3 is 2.66 bits per heavy atom. The molecule has 0 saturated heterocycles. The predicted octanol–water partition coefficient (Wildman–Crippen LogP) is 4.55. The summed E-state index contributed by atoms with van der Waals surface area (Å²) in [4.78, 5) is 4.69. The van der Waals surface area contributed by atoms with Crippen LogP contribution in [-0.4, -0.2) is 40.6 Å². The number of nitrogens with one attached hydrogen (secondary N) is 1. The van der Waals surface area contributed by atoms with Crippen LogP contribution in [0.3, 0.4) is 0 Å². The second-order valence-corrected chi connectivity index (χ2v) is 8.60. The fourth-order valence-electron chi connectivity index (χ4n) is 4.17. The number of benzene rings is 2. The van der Waals surface area contributed by atoms with Crippen molar-refractivity contribution in [3.05, 3.63) is 47.5 Å². The minimum absolute atomic E-state index is 0.0819. The van der Waals surface area contributed by atoms with Gasteiger partial charge in [-0.3, -0.25) is 0 Å². The van der Waals surface area contributed by atoms with Gasteiger partial charge in [0.05, 0.1) is 19.8 Å². The Morgan fingerprint density at radius 2 is 1.91 bits per heavy atom. The molecule has 0 spiro atoms.